The molecule has 3 unspecified atom stereocenters. The molecule has 1 amide bonds. The van der Waals surface area contributed by atoms with Crippen molar-refractivity contribution in [2.75, 3.05) is 12.0 Å². The number of aromatic nitrogens is 1. The summed E-state index contributed by atoms with van der Waals surface area (Å²) in [6.07, 6.45) is 2.62. The summed E-state index contributed by atoms with van der Waals surface area (Å²) in [5, 5.41) is 11.3. The maximum Gasteiger partial charge on any atom is 0.286 e. The minimum absolute atomic E-state index is 0.0852. The van der Waals surface area contributed by atoms with Gasteiger partial charge >= 0.3 is 0 Å². The molecule has 1 heterocycles. The molecule has 3 atom stereocenters. The first-order valence-electron chi connectivity index (χ1n) is 7.26. The molecule has 0 saturated heterocycles. The van der Waals surface area contributed by atoms with Gasteiger partial charge in [0.1, 0.15) is 6.67 Å². The number of nitrogens with one attached hydrogen (secondary N) is 1. The number of aryl methyl sites for hydroxylation is 1. The van der Waals surface area contributed by atoms with E-state index in [1.54, 1.807) is 0 Å². The number of anilines is 1. The monoisotopic (exact) mass is 343 g/mol. The number of hydrogen-bond donors (Lipinski definition) is 1. The van der Waals surface area contributed by atoms with Gasteiger partial charge in [0.2, 0.25) is 5.91 Å². The molecular weight excluding hydrogens is 328 g/mol. The lowest BCUT2D eigenvalue weighted by molar-refractivity contribution is -0.121. The summed E-state index contributed by atoms with van der Waals surface area (Å²) in [6, 6.07) is 2.99. The van der Waals surface area contributed by atoms with E-state index < -0.39 is 29.9 Å². The van der Waals surface area contributed by atoms with Crippen LogP contribution in [0.4, 0.5) is 14.5 Å². The zero-order valence-corrected chi connectivity index (χ0v) is 13.0. The van der Waals surface area contributed by atoms with Crippen molar-refractivity contribution in [3.63, 3.8) is 0 Å². The Morgan fingerprint density at radius 2 is 2.26 bits per heavy atom. The van der Waals surface area contributed by atoms with Crippen LogP contribution in [0.25, 0.3) is 0 Å². The van der Waals surface area contributed by atoms with Gasteiger partial charge in [0.15, 0.2) is 5.82 Å². The second-order valence-corrected chi connectivity index (χ2v) is 6.08. The molecule has 0 aromatic carbocycles. The van der Waals surface area contributed by atoms with Gasteiger partial charge in [-0.25, -0.2) is 8.78 Å². The summed E-state index contributed by atoms with van der Waals surface area (Å²) in [5.74, 6) is -2.23. The van der Waals surface area contributed by atoms with Crippen molar-refractivity contribution < 1.29 is 13.6 Å². The number of nitriles is 1. The molecule has 1 aromatic rings. The second kappa shape index (κ2) is 7.55. The Kier molecular flexibility index (Phi) is 5.72. The Bertz CT molecular complexity index is 686. The molecule has 1 aliphatic rings. The molecule has 5 nitrogen and oxygen atoms in total. The van der Waals surface area contributed by atoms with E-state index in [0.717, 1.165) is 10.6 Å². The Balaban J connectivity index is 2.11. The van der Waals surface area contributed by atoms with Gasteiger partial charge in [0, 0.05) is 23.6 Å². The zero-order valence-electron chi connectivity index (χ0n) is 12.3. The molecule has 0 bridgehead atoms. The lowest BCUT2D eigenvalue weighted by Crippen LogP contribution is -2.33. The molecular formula is C15H16ClF2N3O2. The van der Waals surface area contributed by atoms with Crippen molar-refractivity contribution in [1.82, 2.24) is 4.57 Å². The molecule has 0 aliphatic heterocycles. The molecule has 1 aliphatic carbocycles. The van der Waals surface area contributed by atoms with Crippen molar-refractivity contribution in [3.05, 3.63) is 28.4 Å². The number of halogens is 3. The van der Waals surface area contributed by atoms with E-state index in [2.05, 4.69) is 11.4 Å². The van der Waals surface area contributed by atoms with Crippen molar-refractivity contribution in [1.29, 1.82) is 5.26 Å². The highest BCUT2D eigenvalue weighted by molar-refractivity contribution is 6.21. The zero-order chi connectivity index (χ0) is 17.0. The van der Waals surface area contributed by atoms with Crippen LogP contribution in [0.5, 0.6) is 0 Å². The summed E-state index contributed by atoms with van der Waals surface area (Å²) in [7, 11) is 0. The van der Waals surface area contributed by atoms with Crippen molar-refractivity contribution in [2.45, 2.75) is 31.2 Å². The second-order valence-electron chi connectivity index (χ2n) is 5.52. The summed E-state index contributed by atoms with van der Waals surface area (Å²) in [6.45, 7) is -1.10. The lowest BCUT2D eigenvalue weighted by atomic mass is 9.81. The SMILES string of the molecule is N#CC1CC(C(=O)Nc2cc(F)c(=O)n(CCF)c2)CCC1Cl. The van der Waals surface area contributed by atoms with E-state index in [0.29, 0.717) is 19.3 Å². The fourth-order valence-corrected chi connectivity index (χ4v) is 2.96. The number of carbonyl (C=O) groups excluding carboxylic acids is 1. The maximum absolute atomic E-state index is 13.6. The van der Waals surface area contributed by atoms with Crippen LogP contribution in [-0.2, 0) is 11.3 Å². The quantitative estimate of drug-likeness (QED) is 0.853. The molecule has 124 valence electrons. The Labute approximate surface area is 136 Å². The van der Waals surface area contributed by atoms with Gasteiger partial charge in [-0.1, -0.05) is 0 Å². The number of alkyl halides is 2. The van der Waals surface area contributed by atoms with Crippen LogP contribution in [-0.4, -0.2) is 22.5 Å². The molecule has 0 spiro atoms. The highest BCUT2D eigenvalue weighted by atomic mass is 35.5. The van der Waals surface area contributed by atoms with Crippen LogP contribution < -0.4 is 10.9 Å². The molecule has 2 rings (SSSR count). The van der Waals surface area contributed by atoms with Crippen LogP contribution >= 0.6 is 11.6 Å². The molecule has 1 saturated carbocycles. The topological polar surface area (TPSA) is 74.9 Å². The predicted molar refractivity (Wildman–Crippen MR) is 81.3 cm³/mol. The standard InChI is InChI=1S/C15H16ClF2N3O2/c16-12-2-1-9(5-10(12)7-19)14(22)20-11-6-13(18)15(23)21(8-11)4-3-17/h6,8-10,12H,1-5H2,(H,20,22). The fraction of sp³-hybridized carbons (Fsp3) is 0.533. The van der Waals surface area contributed by atoms with Crippen LogP contribution in [0.2, 0.25) is 0 Å². The van der Waals surface area contributed by atoms with E-state index in [1.807, 2.05) is 0 Å². The van der Waals surface area contributed by atoms with E-state index in [-0.39, 0.29) is 23.5 Å². The highest BCUT2D eigenvalue weighted by Crippen LogP contribution is 2.33. The largest absolute Gasteiger partial charge is 0.324 e. The molecule has 1 N–H and O–H groups in total. The van der Waals surface area contributed by atoms with E-state index in [4.69, 9.17) is 16.9 Å². The maximum atomic E-state index is 13.6. The number of nitrogens with zero attached hydrogens (tertiary/aromatic N) is 2. The van der Waals surface area contributed by atoms with E-state index >= 15 is 0 Å². The van der Waals surface area contributed by atoms with Crippen molar-refractivity contribution >= 4 is 23.2 Å². The Morgan fingerprint density at radius 1 is 1.52 bits per heavy atom. The van der Waals surface area contributed by atoms with Crippen LogP contribution in [0.15, 0.2) is 17.1 Å². The van der Waals surface area contributed by atoms with Crippen molar-refractivity contribution in [2.24, 2.45) is 11.8 Å². The van der Waals surface area contributed by atoms with Gasteiger partial charge in [-0.3, -0.25) is 9.59 Å². The van der Waals surface area contributed by atoms with Gasteiger partial charge < -0.3 is 9.88 Å². The molecule has 1 aromatic heterocycles. The third-order valence-electron chi connectivity index (χ3n) is 3.94. The number of hydrogen-bond acceptors (Lipinski definition) is 3. The third kappa shape index (κ3) is 4.08. The number of carbonyl (C=O) groups is 1. The number of pyridine rings is 1. The number of rotatable bonds is 4. The average molecular weight is 344 g/mol. The minimum Gasteiger partial charge on any atom is -0.324 e. The first-order chi connectivity index (χ1) is 11.0. The number of amides is 1. The predicted octanol–water partition coefficient (Wildman–Crippen LogP) is 2.44. The first kappa shape index (κ1) is 17.4. The van der Waals surface area contributed by atoms with Crippen LogP contribution in [0, 0.1) is 29.0 Å². The van der Waals surface area contributed by atoms with Gasteiger partial charge in [-0.05, 0) is 19.3 Å². The third-order valence-corrected chi connectivity index (χ3v) is 4.46. The lowest BCUT2D eigenvalue weighted by Gasteiger charge is -2.28. The molecule has 1 fully saturated rings. The minimum atomic E-state index is -1.06. The van der Waals surface area contributed by atoms with Gasteiger partial charge in [0.25, 0.3) is 5.56 Å². The average Bonchev–Trinajstić information content (AvgIpc) is 2.52. The Hall–Kier alpha value is -1.94. The first-order valence-corrected chi connectivity index (χ1v) is 7.70. The highest BCUT2D eigenvalue weighted by Gasteiger charge is 2.33. The molecule has 23 heavy (non-hydrogen) atoms. The fourth-order valence-electron chi connectivity index (χ4n) is 2.67. The van der Waals surface area contributed by atoms with Gasteiger partial charge in [-0.15, -0.1) is 11.6 Å². The van der Waals surface area contributed by atoms with E-state index in [1.165, 1.54) is 6.20 Å². The van der Waals surface area contributed by atoms with Gasteiger partial charge in [0.05, 0.1) is 24.2 Å². The Morgan fingerprint density at radius 3 is 2.91 bits per heavy atom. The summed E-state index contributed by atoms with van der Waals surface area (Å²) in [5.41, 5.74) is -0.852. The summed E-state index contributed by atoms with van der Waals surface area (Å²) in [4.78, 5) is 23.7. The van der Waals surface area contributed by atoms with Crippen LogP contribution in [0.3, 0.4) is 0 Å². The molecule has 0 radical (unpaired) electrons. The smallest absolute Gasteiger partial charge is 0.286 e. The summed E-state index contributed by atoms with van der Waals surface area (Å²) >= 11 is 6.03. The van der Waals surface area contributed by atoms with Crippen molar-refractivity contribution in [3.8, 4) is 6.07 Å². The molecule has 8 heteroatoms. The van der Waals surface area contributed by atoms with Crippen LogP contribution in [0.1, 0.15) is 19.3 Å². The normalized spacial score (nSPS) is 24.0. The summed E-state index contributed by atoms with van der Waals surface area (Å²) < 4.78 is 26.8. The van der Waals surface area contributed by atoms with Gasteiger partial charge in [-0.2, -0.15) is 5.26 Å². The van der Waals surface area contributed by atoms with E-state index in [9.17, 15) is 18.4 Å².